The topological polar surface area (TPSA) is 0 Å². The standard InChI is InChI=1S/C20H31PS/c1-15(2)19-10-9-16(3)13-20(19)21(22)12-11-18(21)14-17-7-5-4-6-8-17/h4-8,15-16,18-20H,9-14H2,1-3H3/t16?,18-,19?,20?,21?/m0/s1. The van der Waals surface area contributed by atoms with E-state index < -0.39 is 6.46 Å². The fraction of sp³-hybridized carbons (Fsp3) is 0.700. The van der Waals surface area contributed by atoms with Crippen LogP contribution in [-0.4, -0.2) is 17.5 Å². The molecule has 5 atom stereocenters. The third-order valence-electron chi connectivity index (χ3n) is 6.29. The third-order valence-corrected chi connectivity index (χ3v) is 12.9. The van der Waals surface area contributed by atoms with Crippen LogP contribution < -0.4 is 0 Å². The molecular formula is C20H31PS. The molecule has 0 N–H and O–H groups in total. The number of hydrogen-bond donors (Lipinski definition) is 0. The van der Waals surface area contributed by atoms with Gasteiger partial charge in [-0.3, -0.25) is 0 Å². The molecule has 1 heterocycles. The van der Waals surface area contributed by atoms with Gasteiger partial charge in [0.25, 0.3) is 0 Å². The van der Waals surface area contributed by atoms with E-state index in [0.717, 1.165) is 29.1 Å². The summed E-state index contributed by atoms with van der Waals surface area (Å²) in [4.78, 5) is 0. The van der Waals surface area contributed by atoms with Crippen LogP contribution in [0.25, 0.3) is 0 Å². The Balaban J connectivity index is 1.76. The molecule has 2 aliphatic rings. The van der Waals surface area contributed by atoms with Gasteiger partial charge in [0.2, 0.25) is 0 Å². The molecule has 0 nitrogen and oxygen atoms in total. The monoisotopic (exact) mass is 334 g/mol. The highest BCUT2D eigenvalue weighted by molar-refractivity contribution is 8.43. The van der Waals surface area contributed by atoms with Gasteiger partial charge >= 0.3 is 0 Å². The summed E-state index contributed by atoms with van der Waals surface area (Å²) in [6.07, 6.45) is 8.31. The van der Waals surface area contributed by atoms with Crippen LogP contribution in [0.5, 0.6) is 0 Å². The summed E-state index contributed by atoms with van der Waals surface area (Å²) in [6.45, 7) is 6.16. The fourth-order valence-electron chi connectivity index (χ4n) is 4.80. The van der Waals surface area contributed by atoms with Crippen molar-refractivity contribution in [2.45, 2.75) is 64.2 Å². The van der Waals surface area contributed by atoms with Crippen molar-refractivity contribution in [3.05, 3.63) is 35.9 Å². The lowest BCUT2D eigenvalue weighted by molar-refractivity contribution is 0.238. The molecule has 4 unspecified atom stereocenters. The maximum absolute atomic E-state index is 6.43. The zero-order valence-corrected chi connectivity index (χ0v) is 16.1. The molecule has 122 valence electrons. The van der Waals surface area contributed by atoms with Gasteiger partial charge in [0, 0.05) is 19.0 Å². The van der Waals surface area contributed by atoms with Crippen molar-refractivity contribution < 1.29 is 0 Å². The van der Waals surface area contributed by atoms with Gasteiger partial charge in [-0.05, 0) is 36.2 Å². The number of benzene rings is 1. The molecule has 0 amide bonds. The van der Waals surface area contributed by atoms with Crippen LogP contribution >= 0.6 is 6.46 Å². The predicted octanol–water partition coefficient (Wildman–Crippen LogP) is 5.94. The molecule has 0 bridgehead atoms. The molecule has 1 saturated carbocycles. The van der Waals surface area contributed by atoms with Crippen LogP contribution in [0, 0.1) is 17.8 Å². The largest absolute Gasteiger partial charge is 0.556 e. The molecule has 2 fully saturated rings. The second kappa shape index (κ2) is 6.86. The first-order valence-electron chi connectivity index (χ1n) is 9.13. The molecule has 3 rings (SSSR count). The van der Waals surface area contributed by atoms with Crippen molar-refractivity contribution in [1.29, 1.82) is 0 Å². The minimum atomic E-state index is -1.16. The molecular weight excluding hydrogens is 303 g/mol. The van der Waals surface area contributed by atoms with E-state index in [9.17, 15) is 0 Å². The molecule has 0 radical (unpaired) electrons. The van der Waals surface area contributed by atoms with Gasteiger partial charge in [-0.2, -0.15) is 0 Å². The maximum atomic E-state index is 6.43. The van der Waals surface area contributed by atoms with Crippen molar-refractivity contribution in [2.24, 2.45) is 17.8 Å². The van der Waals surface area contributed by atoms with E-state index in [0.29, 0.717) is 0 Å². The Bertz CT molecular complexity index is 486. The molecule has 0 spiro atoms. The van der Waals surface area contributed by atoms with E-state index in [2.05, 4.69) is 51.1 Å². The highest BCUT2D eigenvalue weighted by Crippen LogP contribution is 2.77. The molecule has 1 aliphatic carbocycles. The quantitative estimate of drug-likeness (QED) is 0.485. The predicted molar refractivity (Wildman–Crippen MR) is 103 cm³/mol. The Labute approximate surface area is 143 Å². The van der Waals surface area contributed by atoms with Crippen LogP contribution in [0.1, 0.15) is 52.0 Å². The summed E-state index contributed by atoms with van der Waals surface area (Å²) in [7, 11) is 0. The maximum Gasteiger partial charge on any atom is 0.0579 e. The normalized spacial score (nSPS) is 38.8. The molecule has 2 heteroatoms. The molecule has 0 aromatic heterocycles. The van der Waals surface area contributed by atoms with Crippen molar-refractivity contribution in [1.82, 2.24) is 0 Å². The Hall–Kier alpha value is 0. The van der Waals surface area contributed by atoms with Crippen molar-refractivity contribution in [2.75, 3.05) is 6.16 Å². The van der Waals surface area contributed by atoms with Gasteiger partial charge in [0.1, 0.15) is 0 Å². The minimum Gasteiger partial charge on any atom is -0.556 e. The second-order valence-electron chi connectivity index (χ2n) is 8.10. The van der Waals surface area contributed by atoms with Crippen LogP contribution in [0.4, 0.5) is 0 Å². The average Bonchev–Trinajstić information content (AvgIpc) is 2.51. The highest BCUT2D eigenvalue weighted by Gasteiger charge is 2.52. The van der Waals surface area contributed by atoms with Crippen molar-refractivity contribution >= 4 is 18.7 Å². The van der Waals surface area contributed by atoms with Crippen LogP contribution in [0.2, 0.25) is 0 Å². The van der Waals surface area contributed by atoms with E-state index in [1.165, 1.54) is 43.8 Å². The summed E-state index contributed by atoms with van der Waals surface area (Å²) < 4.78 is 0. The molecule has 1 aliphatic heterocycles. The van der Waals surface area contributed by atoms with E-state index in [1.54, 1.807) is 0 Å². The summed E-state index contributed by atoms with van der Waals surface area (Å²) in [6, 6.07) is 11.1. The highest BCUT2D eigenvalue weighted by atomic mass is 32.7. The minimum absolute atomic E-state index is 0.815. The lowest BCUT2D eigenvalue weighted by atomic mass is 9.77. The molecule has 1 aromatic carbocycles. The van der Waals surface area contributed by atoms with Crippen LogP contribution in [0.3, 0.4) is 0 Å². The molecule has 22 heavy (non-hydrogen) atoms. The second-order valence-corrected chi connectivity index (χ2v) is 13.7. The lowest BCUT2D eigenvalue weighted by Crippen LogP contribution is -2.43. The van der Waals surface area contributed by atoms with E-state index in [-0.39, 0.29) is 0 Å². The van der Waals surface area contributed by atoms with Gasteiger partial charge in [0.05, 0.1) is 11.3 Å². The van der Waals surface area contributed by atoms with E-state index in [1.807, 2.05) is 0 Å². The first-order valence-corrected chi connectivity index (χ1v) is 12.3. The van der Waals surface area contributed by atoms with Crippen molar-refractivity contribution in [3.63, 3.8) is 0 Å². The first-order chi connectivity index (χ1) is 10.5. The SMILES string of the molecule is CC1CCC(C(C)C)C([P+]2([S-])CC[C@H]2Cc2ccccc2)C1. The van der Waals surface area contributed by atoms with Gasteiger partial charge in [-0.25, -0.2) is 0 Å². The fourth-order valence-corrected chi connectivity index (χ4v) is 10.8. The summed E-state index contributed by atoms with van der Waals surface area (Å²) in [5.41, 5.74) is 3.22. The summed E-state index contributed by atoms with van der Waals surface area (Å²) >= 11 is 6.43. The van der Waals surface area contributed by atoms with Crippen LogP contribution in [0.15, 0.2) is 30.3 Å². The third kappa shape index (κ3) is 3.27. The summed E-state index contributed by atoms with van der Waals surface area (Å²) in [5.74, 6) is 2.62. The molecule has 1 aromatic rings. The first kappa shape index (κ1) is 16.8. The zero-order chi connectivity index (χ0) is 15.7. The Morgan fingerprint density at radius 1 is 1.14 bits per heavy atom. The van der Waals surface area contributed by atoms with Gasteiger partial charge in [-0.1, -0.05) is 57.5 Å². The van der Waals surface area contributed by atoms with E-state index in [4.69, 9.17) is 12.2 Å². The number of hydrogen-bond acceptors (Lipinski definition) is 1. The molecule has 1 saturated heterocycles. The Morgan fingerprint density at radius 3 is 2.45 bits per heavy atom. The number of rotatable bonds is 4. The summed E-state index contributed by atoms with van der Waals surface area (Å²) in [5, 5.41) is 0. The van der Waals surface area contributed by atoms with Gasteiger partial charge in [0.15, 0.2) is 0 Å². The van der Waals surface area contributed by atoms with Gasteiger partial charge in [-0.15, -0.1) is 6.46 Å². The Kier molecular flexibility index (Phi) is 5.25. The van der Waals surface area contributed by atoms with Crippen molar-refractivity contribution in [3.8, 4) is 0 Å². The smallest absolute Gasteiger partial charge is 0.0579 e. The van der Waals surface area contributed by atoms with E-state index >= 15 is 0 Å². The van der Waals surface area contributed by atoms with Gasteiger partial charge < -0.3 is 12.2 Å². The lowest BCUT2D eigenvalue weighted by Gasteiger charge is -2.58. The van der Waals surface area contributed by atoms with Crippen LogP contribution in [-0.2, 0) is 18.7 Å². The Morgan fingerprint density at radius 2 is 1.86 bits per heavy atom. The zero-order valence-electron chi connectivity index (χ0n) is 14.4. The average molecular weight is 335 g/mol.